The van der Waals surface area contributed by atoms with Crippen molar-refractivity contribution in [3.05, 3.63) is 35.1 Å². The van der Waals surface area contributed by atoms with E-state index in [9.17, 15) is 22.4 Å². The molecule has 2 atom stereocenters. The maximum atomic E-state index is 13.2. The SMILES string of the molecule is NC(=O)[C@H]1CCC[C@@H](NCc2ccc(F)c(C(F)(F)F)c2)C1. The van der Waals surface area contributed by atoms with Crippen LogP contribution in [0.25, 0.3) is 0 Å². The van der Waals surface area contributed by atoms with Crippen LogP contribution in [0.2, 0.25) is 0 Å². The van der Waals surface area contributed by atoms with Gasteiger partial charge in [0.15, 0.2) is 0 Å². The summed E-state index contributed by atoms with van der Waals surface area (Å²) in [7, 11) is 0. The molecule has 0 saturated heterocycles. The van der Waals surface area contributed by atoms with Gasteiger partial charge in [0.25, 0.3) is 0 Å². The Bertz CT molecular complexity index is 545. The largest absolute Gasteiger partial charge is 0.419 e. The van der Waals surface area contributed by atoms with E-state index in [0.29, 0.717) is 12.0 Å². The molecule has 3 N–H and O–H groups in total. The van der Waals surface area contributed by atoms with E-state index < -0.39 is 17.6 Å². The van der Waals surface area contributed by atoms with Crippen molar-refractivity contribution >= 4 is 5.91 Å². The third kappa shape index (κ3) is 4.19. The quantitative estimate of drug-likeness (QED) is 0.839. The summed E-state index contributed by atoms with van der Waals surface area (Å²) in [6, 6.07) is 3.00. The second kappa shape index (κ2) is 6.64. The van der Waals surface area contributed by atoms with Gasteiger partial charge in [-0.1, -0.05) is 12.5 Å². The minimum Gasteiger partial charge on any atom is -0.369 e. The number of carbonyl (C=O) groups is 1. The van der Waals surface area contributed by atoms with E-state index in [-0.39, 0.29) is 24.4 Å². The minimum absolute atomic E-state index is 0.0330. The number of halogens is 4. The van der Waals surface area contributed by atoms with E-state index in [0.717, 1.165) is 31.4 Å². The Kier molecular flexibility index (Phi) is 5.05. The Morgan fingerprint density at radius 3 is 2.68 bits per heavy atom. The van der Waals surface area contributed by atoms with Crippen LogP contribution in [0.5, 0.6) is 0 Å². The normalized spacial score (nSPS) is 22.5. The second-order valence-electron chi connectivity index (χ2n) is 5.66. The standard InChI is InChI=1S/C15H18F4N2O/c16-13-5-4-9(6-12(13)15(17,18)19)8-21-11-3-1-2-10(7-11)14(20)22/h4-6,10-11,21H,1-3,7-8H2,(H2,20,22)/t10-,11+/m0/s1. The highest BCUT2D eigenvalue weighted by atomic mass is 19.4. The number of amides is 1. The maximum absolute atomic E-state index is 13.2. The van der Waals surface area contributed by atoms with Crippen LogP contribution in [-0.2, 0) is 17.5 Å². The number of alkyl halides is 3. The van der Waals surface area contributed by atoms with Gasteiger partial charge in [-0.05, 0) is 37.0 Å². The number of hydrogen-bond acceptors (Lipinski definition) is 2. The Labute approximate surface area is 125 Å². The highest BCUT2D eigenvalue weighted by Crippen LogP contribution is 2.32. The van der Waals surface area contributed by atoms with Gasteiger partial charge in [0.1, 0.15) is 5.82 Å². The molecule has 22 heavy (non-hydrogen) atoms. The fourth-order valence-corrected chi connectivity index (χ4v) is 2.80. The second-order valence-corrected chi connectivity index (χ2v) is 5.66. The maximum Gasteiger partial charge on any atom is 0.419 e. The van der Waals surface area contributed by atoms with Crippen LogP contribution in [-0.4, -0.2) is 11.9 Å². The van der Waals surface area contributed by atoms with E-state index in [1.54, 1.807) is 0 Å². The number of rotatable bonds is 4. The summed E-state index contributed by atoms with van der Waals surface area (Å²) in [5.74, 6) is -1.81. The molecule has 1 saturated carbocycles. The first-order valence-corrected chi connectivity index (χ1v) is 7.15. The summed E-state index contributed by atoms with van der Waals surface area (Å²) >= 11 is 0. The molecular weight excluding hydrogens is 300 g/mol. The lowest BCUT2D eigenvalue weighted by molar-refractivity contribution is -0.140. The summed E-state index contributed by atoms with van der Waals surface area (Å²) in [5.41, 5.74) is 4.39. The van der Waals surface area contributed by atoms with Gasteiger partial charge in [-0.15, -0.1) is 0 Å². The van der Waals surface area contributed by atoms with Crippen LogP contribution in [0.15, 0.2) is 18.2 Å². The number of primary amides is 1. The highest BCUT2D eigenvalue weighted by Gasteiger charge is 2.34. The van der Waals surface area contributed by atoms with E-state index >= 15 is 0 Å². The molecule has 1 amide bonds. The molecule has 7 heteroatoms. The van der Waals surface area contributed by atoms with E-state index in [4.69, 9.17) is 5.73 Å². The van der Waals surface area contributed by atoms with Crippen LogP contribution in [0, 0.1) is 11.7 Å². The first-order valence-electron chi connectivity index (χ1n) is 7.15. The average molecular weight is 318 g/mol. The summed E-state index contributed by atoms with van der Waals surface area (Å²) < 4.78 is 51.2. The molecule has 3 nitrogen and oxygen atoms in total. The van der Waals surface area contributed by atoms with Crippen LogP contribution >= 0.6 is 0 Å². The summed E-state index contributed by atoms with van der Waals surface area (Å²) in [5, 5.41) is 3.12. The molecule has 0 spiro atoms. The van der Waals surface area contributed by atoms with E-state index in [1.807, 2.05) is 0 Å². The molecule has 1 aliphatic rings. The molecule has 0 radical (unpaired) electrons. The summed E-state index contributed by atoms with van der Waals surface area (Å²) in [4.78, 5) is 11.2. The molecule has 1 aromatic rings. The van der Waals surface area contributed by atoms with Gasteiger partial charge >= 0.3 is 6.18 Å². The van der Waals surface area contributed by atoms with Gasteiger partial charge in [0.05, 0.1) is 5.56 Å². The van der Waals surface area contributed by atoms with Gasteiger partial charge in [0.2, 0.25) is 5.91 Å². The molecule has 1 aromatic carbocycles. The van der Waals surface area contributed by atoms with Gasteiger partial charge in [-0.25, -0.2) is 4.39 Å². The fraction of sp³-hybridized carbons (Fsp3) is 0.533. The van der Waals surface area contributed by atoms with Crippen molar-refractivity contribution in [2.24, 2.45) is 11.7 Å². The number of nitrogens with two attached hydrogens (primary N) is 1. The fourth-order valence-electron chi connectivity index (χ4n) is 2.80. The Balaban J connectivity index is 1.98. The average Bonchev–Trinajstić information content (AvgIpc) is 2.45. The molecule has 0 heterocycles. The molecular formula is C15H18F4N2O. The zero-order valence-electron chi connectivity index (χ0n) is 11.9. The van der Waals surface area contributed by atoms with E-state index in [1.165, 1.54) is 6.07 Å². The Morgan fingerprint density at radius 2 is 2.05 bits per heavy atom. The summed E-state index contributed by atoms with van der Waals surface area (Å²) in [6.45, 7) is 0.194. The predicted octanol–water partition coefficient (Wildman–Crippen LogP) is 2.98. The zero-order chi connectivity index (χ0) is 16.3. The molecule has 0 bridgehead atoms. The number of carbonyl (C=O) groups excluding carboxylic acids is 1. The van der Waals surface area contributed by atoms with Crippen LogP contribution in [0.3, 0.4) is 0 Å². The van der Waals surface area contributed by atoms with E-state index in [2.05, 4.69) is 5.32 Å². The van der Waals surface area contributed by atoms with Crippen molar-refractivity contribution in [3.63, 3.8) is 0 Å². The van der Waals surface area contributed by atoms with Crippen LogP contribution in [0.1, 0.15) is 36.8 Å². The molecule has 0 aliphatic heterocycles. The number of benzene rings is 1. The molecule has 0 aromatic heterocycles. The monoisotopic (exact) mass is 318 g/mol. The van der Waals surface area contributed by atoms with Crippen molar-refractivity contribution < 1.29 is 22.4 Å². The van der Waals surface area contributed by atoms with Crippen molar-refractivity contribution in [2.75, 3.05) is 0 Å². The number of hydrogen-bond donors (Lipinski definition) is 2. The lowest BCUT2D eigenvalue weighted by atomic mass is 9.85. The Hall–Kier alpha value is -1.63. The predicted molar refractivity (Wildman–Crippen MR) is 73.2 cm³/mol. The molecule has 122 valence electrons. The topological polar surface area (TPSA) is 55.1 Å². The van der Waals surface area contributed by atoms with Gasteiger partial charge in [-0.2, -0.15) is 13.2 Å². The van der Waals surface area contributed by atoms with Gasteiger partial charge in [0, 0.05) is 18.5 Å². The minimum atomic E-state index is -4.71. The first kappa shape index (κ1) is 16.7. The van der Waals surface area contributed by atoms with Crippen LogP contribution in [0.4, 0.5) is 17.6 Å². The van der Waals surface area contributed by atoms with Crippen molar-refractivity contribution in [1.82, 2.24) is 5.32 Å². The molecule has 2 rings (SSSR count). The highest BCUT2D eigenvalue weighted by molar-refractivity contribution is 5.76. The zero-order valence-corrected chi connectivity index (χ0v) is 11.9. The lowest BCUT2D eigenvalue weighted by Crippen LogP contribution is -2.38. The van der Waals surface area contributed by atoms with Crippen molar-refractivity contribution in [2.45, 2.75) is 44.4 Å². The van der Waals surface area contributed by atoms with Crippen LogP contribution < -0.4 is 11.1 Å². The smallest absolute Gasteiger partial charge is 0.369 e. The number of nitrogens with one attached hydrogen (secondary N) is 1. The first-order chi connectivity index (χ1) is 10.3. The molecule has 1 fully saturated rings. The third-order valence-corrected chi connectivity index (χ3v) is 4.01. The molecule has 0 unspecified atom stereocenters. The Morgan fingerprint density at radius 1 is 1.32 bits per heavy atom. The van der Waals surface area contributed by atoms with Crippen molar-refractivity contribution in [3.8, 4) is 0 Å². The van der Waals surface area contributed by atoms with Gasteiger partial charge in [-0.3, -0.25) is 4.79 Å². The van der Waals surface area contributed by atoms with Crippen molar-refractivity contribution in [1.29, 1.82) is 0 Å². The third-order valence-electron chi connectivity index (χ3n) is 4.01. The summed E-state index contributed by atoms with van der Waals surface area (Å²) in [6.07, 6.45) is -1.67. The lowest BCUT2D eigenvalue weighted by Gasteiger charge is -2.28. The molecule has 1 aliphatic carbocycles. The van der Waals surface area contributed by atoms with Gasteiger partial charge < -0.3 is 11.1 Å².